The van der Waals surface area contributed by atoms with Gasteiger partial charge in [-0.2, -0.15) is 5.26 Å². The van der Waals surface area contributed by atoms with E-state index in [-0.39, 0.29) is 17.7 Å². The molecule has 1 atom stereocenters. The van der Waals surface area contributed by atoms with Crippen LogP contribution in [0.3, 0.4) is 0 Å². The molecule has 1 aromatic rings. The van der Waals surface area contributed by atoms with E-state index in [1.165, 1.54) is 11.8 Å². The summed E-state index contributed by atoms with van der Waals surface area (Å²) in [6.45, 7) is 2.98. The van der Waals surface area contributed by atoms with Crippen molar-refractivity contribution < 1.29 is 14.3 Å². The predicted octanol–water partition coefficient (Wildman–Crippen LogP) is 2.65. The number of fused-ring (bicyclic) bond motifs is 1. The zero-order valence-corrected chi connectivity index (χ0v) is 13.9. The van der Waals surface area contributed by atoms with Crippen LogP contribution in [0.1, 0.15) is 18.5 Å². The Bertz CT molecular complexity index is 574. The first-order chi connectivity index (χ1) is 10.1. The second-order valence-electron chi connectivity index (χ2n) is 4.46. The van der Waals surface area contributed by atoms with E-state index in [1.54, 1.807) is 0 Å². The molecule has 112 valence electrons. The molecule has 7 heteroatoms. The molecule has 1 amide bonds. The second kappa shape index (κ2) is 7.57. The van der Waals surface area contributed by atoms with Gasteiger partial charge in [-0.15, -0.1) is 11.8 Å². The van der Waals surface area contributed by atoms with Gasteiger partial charge in [0.15, 0.2) is 11.5 Å². The summed E-state index contributed by atoms with van der Waals surface area (Å²) in [5, 5.41) is 11.4. The highest BCUT2D eigenvalue weighted by atomic mass is 79.9. The molecule has 0 aliphatic carbocycles. The fourth-order valence-electron chi connectivity index (χ4n) is 1.96. The molecule has 0 radical (unpaired) electrons. The maximum absolute atomic E-state index is 11.8. The average molecular weight is 371 g/mol. The van der Waals surface area contributed by atoms with Gasteiger partial charge in [0, 0.05) is 4.47 Å². The van der Waals surface area contributed by atoms with E-state index in [0.717, 1.165) is 10.0 Å². The molecule has 1 aromatic carbocycles. The molecule has 0 saturated heterocycles. The van der Waals surface area contributed by atoms with Gasteiger partial charge in [0.05, 0.1) is 23.6 Å². The highest BCUT2D eigenvalue weighted by Crippen LogP contribution is 2.37. The number of thioether (sulfide) groups is 1. The van der Waals surface area contributed by atoms with E-state index in [2.05, 4.69) is 21.2 Å². The van der Waals surface area contributed by atoms with Crippen molar-refractivity contribution in [2.45, 2.75) is 13.0 Å². The van der Waals surface area contributed by atoms with E-state index in [9.17, 15) is 4.79 Å². The Morgan fingerprint density at radius 2 is 2.14 bits per heavy atom. The van der Waals surface area contributed by atoms with Crippen LogP contribution in [0.2, 0.25) is 0 Å². The fourth-order valence-corrected chi connectivity index (χ4v) is 3.09. The Hall–Kier alpha value is -1.39. The minimum absolute atomic E-state index is 0.0930. The summed E-state index contributed by atoms with van der Waals surface area (Å²) in [5.41, 5.74) is 0.929. The predicted molar refractivity (Wildman–Crippen MR) is 84.6 cm³/mol. The lowest BCUT2D eigenvalue weighted by molar-refractivity contribution is -0.119. The summed E-state index contributed by atoms with van der Waals surface area (Å²) in [4.78, 5) is 11.8. The average Bonchev–Trinajstić information content (AvgIpc) is 2.46. The van der Waals surface area contributed by atoms with Gasteiger partial charge in [-0.3, -0.25) is 4.79 Å². The first kappa shape index (κ1) is 16.0. The van der Waals surface area contributed by atoms with Crippen molar-refractivity contribution in [3.8, 4) is 17.6 Å². The van der Waals surface area contributed by atoms with Gasteiger partial charge in [-0.05, 0) is 24.6 Å². The van der Waals surface area contributed by atoms with Crippen molar-refractivity contribution in [1.82, 2.24) is 5.32 Å². The second-order valence-corrected chi connectivity index (χ2v) is 6.30. The smallest absolute Gasteiger partial charge is 0.230 e. The number of nitrogens with one attached hydrogen (secondary N) is 1. The largest absolute Gasteiger partial charge is 0.486 e. The number of carbonyl (C=O) groups is 1. The van der Waals surface area contributed by atoms with Gasteiger partial charge in [0.1, 0.15) is 13.2 Å². The third-order valence-electron chi connectivity index (χ3n) is 2.91. The molecule has 0 spiro atoms. The zero-order valence-electron chi connectivity index (χ0n) is 11.5. The van der Waals surface area contributed by atoms with Crippen LogP contribution in [0.25, 0.3) is 0 Å². The molecule has 21 heavy (non-hydrogen) atoms. The van der Waals surface area contributed by atoms with Crippen LogP contribution in [-0.2, 0) is 4.79 Å². The third kappa shape index (κ3) is 4.29. The molecule has 0 aromatic heterocycles. The summed E-state index contributed by atoms with van der Waals surface area (Å²) in [6, 6.07) is 5.57. The minimum Gasteiger partial charge on any atom is -0.486 e. The zero-order chi connectivity index (χ0) is 15.2. The topological polar surface area (TPSA) is 71.4 Å². The number of nitrogens with zero attached hydrogens (tertiary/aromatic N) is 1. The Morgan fingerprint density at radius 3 is 2.81 bits per heavy atom. The maximum Gasteiger partial charge on any atom is 0.230 e. The molecule has 1 heterocycles. The van der Waals surface area contributed by atoms with Crippen LogP contribution < -0.4 is 14.8 Å². The number of hydrogen-bond acceptors (Lipinski definition) is 5. The molecule has 0 unspecified atom stereocenters. The number of amides is 1. The lowest BCUT2D eigenvalue weighted by Gasteiger charge is -2.22. The lowest BCUT2D eigenvalue weighted by atomic mass is 10.1. The Balaban J connectivity index is 2.03. The number of nitriles is 1. The van der Waals surface area contributed by atoms with E-state index in [1.807, 2.05) is 25.1 Å². The van der Waals surface area contributed by atoms with Gasteiger partial charge in [-0.25, -0.2) is 0 Å². The first-order valence-electron chi connectivity index (χ1n) is 6.45. The van der Waals surface area contributed by atoms with Crippen molar-refractivity contribution in [2.24, 2.45) is 0 Å². The van der Waals surface area contributed by atoms with Gasteiger partial charge in [0.2, 0.25) is 5.91 Å². The van der Waals surface area contributed by atoms with Crippen molar-refractivity contribution in [3.05, 3.63) is 22.2 Å². The molecule has 1 aliphatic rings. The number of carbonyl (C=O) groups excluding carboxylic acids is 1. The maximum atomic E-state index is 11.8. The van der Waals surface area contributed by atoms with E-state index >= 15 is 0 Å². The standard InChI is InChI=1S/C14H15BrN2O3S/c1-9(17-14(18)8-21-5-2-16)10-6-12-13(7-11(10)15)20-4-3-19-12/h6-7,9H,3-5,8H2,1H3,(H,17,18)/t9-/m1/s1. The molecular weight excluding hydrogens is 356 g/mol. The van der Waals surface area contributed by atoms with Crippen LogP contribution in [0.5, 0.6) is 11.5 Å². The van der Waals surface area contributed by atoms with Crippen molar-refractivity contribution in [2.75, 3.05) is 24.7 Å². The normalized spacial score (nSPS) is 14.1. The van der Waals surface area contributed by atoms with Gasteiger partial charge in [-0.1, -0.05) is 15.9 Å². The van der Waals surface area contributed by atoms with E-state index in [4.69, 9.17) is 14.7 Å². The first-order valence-corrected chi connectivity index (χ1v) is 8.39. The summed E-state index contributed by atoms with van der Waals surface area (Å²) < 4.78 is 11.9. The molecule has 1 aliphatic heterocycles. The molecule has 0 bridgehead atoms. The van der Waals surface area contributed by atoms with Crippen LogP contribution in [0.4, 0.5) is 0 Å². The molecular formula is C14H15BrN2O3S. The van der Waals surface area contributed by atoms with Crippen LogP contribution >= 0.6 is 27.7 Å². The van der Waals surface area contributed by atoms with E-state index < -0.39 is 0 Å². The number of hydrogen-bond donors (Lipinski definition) is 1. The van der Waals surface area contributed by atoms with Crippen LogP contribution in [0, 0.1) is 11.3 Å². The lowest BCUT2D eigenvalue weighted by Crippen LogP contribution is -2.28. The highest BCUT2D eigenvalue weighted by molar-refractivity contribution is 9.10. The van der Waals surface area contributed by atoms with E-state index in [0.29, 0.717) is 30.5 Å². The molecule has 0 fully saturated rings. The summed E-state index contributed by atoms with van der Waals surface area (Å²) in [6.07, 6.45) is 0. The molecule has 0 saturated carbocycles. The molecule has 5 nitrogen and oxygen atoms in total. The number of benzene rings is 1. The summed E-state index contributed by atoms with van der Waals surface area (Å²) in [5.74, 6) is 1.90. The van der Waals surface area contributed by atoms with Crippen molar-refractivity contribution >= 4 is 33.6 Å². The van der Waals surface area contributed by atoms with Crippen LogP contribution in [0.15, 0.2) is 16.6 Å². The van der Waals surface area contributed by atoms with Crippen LogP contribution in [-0.4, -0.2) is 30.6 Å². The monoisotopic (exact) mass is 370 g/mol. The van der Waals surface area contributed by atoms with Gasteiger partial charge >= 0.3 is 0 Å². The van der Waals surface area contributed by atoms with Crippen molar-refractivity contribution in [3.63, 3.8) is 0 Å². The number of rotatable bonds is 5. The van der Waals surface area contributed by atoms with Gasteiger partial charge in [0.25, 0.3) is 0 Å². The fraction of sp³-hybridized carbons (Fsp3) is 0.429. The summed E-state index contributed by atoms with van der Waals surface area (Å²) >= 11 is 4.79. The Morgan fingerprint density at radius 1 is 1.48 bits per heavy atom. The number of ether oxygens (including phenoxy) is 2. The molecule has 2 rings (SSSR count). The Labute approximate surface area is 136 Å². The summed E-state index contributed by atoms with van der Waals surface area (Å²) in [7, 11) is 0. The van der Waals surface area contributed by atoms with Gasteiger partial charge < -0.3 is 14.8 Å². The number of halogens is 1. The quantitative estimate of drug-likeness (QED) is 0.806. The molecule has 1 N–H and O–H groups in total. The third-order valence-corrected chi connectivity index (χ3v) is 4.39. The Kier molecular flexibility index (Phi) is 5.76. The highest BCUT2D eigenvalue weighted by Gasteiger charge is 2.19. The minimum atomic E-state index is -0.162. The SMILES string of the molecule is C[C@@H](NC(=O)CSCC#N)c1cc2c(cc1Br)OCCO2. The van der Waals surface area contributed by atoms with Crippen molar-refractivity contribution in [1.29, 1.82) is 5.26 Å².